The Morgan fingerprint density at radius 3 is 2.42 bits per heavy atom. The van der Waals surface area contributed by atoms with Crippen molar-refractivity contribution in [3.8, 4) is 0 Å². The van der Waals surface area contributed by atoms with Crippen LogP contribution in [0.2, 0.25) is 5.02 Å². The molecule has 2 aromatic rings. The number of halogens is 1. The van der Waals surface area contributed by atoms with Gasteiger partial charge in [-0.25, -0.2) is 8.42 Å². The van der Waals surface area contributed by atoms with Crippen LogP contribution in [0.1, 0.15) is 6.42 Å². The number of nitrogens with one attached hydrogen (secondary N) is 2. The van der Waals surface area contributed by atoms with E-state index >= 15 is 0 Å². The lowest BCUT2D eigenvalue weighted by Crippen LogP contribution is -2.37. The number of sulfonamides is 1. The minimum atomic E-state index is -3.78. The maximum Gasteiger partial charge on any atom is 0.324 e. The van der Waals surface area contributed by atoms with Gasteiger partial charge in [-0.2, -0.15) is 4.72 Å². The van der Waals surface area contributed by atoms with Crippen molar-refractivity contribution in [2.24, 2.45) is 0 Å². The molecule has 1 atom stereocenters. The zero-order chi connectivity index (χ0) is 17.2. The van der Waals surface area contributed by atoms with Gasteiger partial charge in [0.1, 0.15) is 6.04 Å². The maximum absolute atomic E-state index is 12.3. The Morgan fingerprint density at radius 2 is 1.79 bits per heavy atom. The predicted octanol–water partition coefficient (Wildman–Crippen LogP) is 2.68. The molecule has 0 spiro atoms. The van der Waals surface area contributed by atoms with E-state index in [0.717, 1.165) is 5.69 Å². The first-order valence-corrected chi connectivity index (χ1v) is 9.12. The van der Waals surface area contributed by atoms with E-state index in [4.69, 9.17) is 16.3 Å². The molecule has 0 unspecified atom stereocenters. The van der Waals surface area contributed by atoms with Crippen LogP contribution in [-0.4, -0.2) is 27.0 Å². The average molecular weight is 367 g/mol. The number of ether oxygens (including phenoxy) is 1. The number of hydrogen-bond donors (Lipinski definition) is 2. The van der Waals surface area contributed by atoms with Crippen LogP contribution in [0.15, 0.2) is 53.4 Å². The van der Waals surface area contributed by atoms with E-state index in [1.165, 1.54) is 12.1 Å². The zero-order valence-electron chi connectivity index (χ0n) is 12.5. The summed E-state index contributed by atoms with van der Waals surface area (Å²) in [7, 11) is -3.78. The minimum absolute atomic E-state index is 0.0758. The van der Waals surface area contributed by atoms with Gasteiger partial charge >= 0.3 is 5.97 Å². The van der Waals surface area contributed by atoms with Crippen molar-refractivity contribution >= 4 is 39.0 Å². The summed E-state index contributed by atoms with van der Waals surface area (Å²) < 4.78 is 31.7. The van der Waals surface area contributed by atoms with Crippen LogP contribution in [0.5, 0.6) is 0 Å². The summed E-state index contributed by atoms with van der Waals surface area (Å²) in [5.41, 5.74) is 1.42. The van der Waals surface area contributed by atoms with Crippen molar-refractivity contribution in [2.45, 2.75) is 17.4 Å². The van der Waals surface area contributed by atoms with Crippen LogP contribution in [0.25, 0.3) is 0 Å². The van der Waals surface area contributed by atoms with E-state index < -0.39 is 22.0 Å². The van der Waals surface area contributed by atoms with Crippen molar-refractivity contribution < 1.29 is 17.9 Å². The average Bonchev–Trinajstić information content (AvgIpc) is 2.95. The van der Waals surface area contributed by atoms with E-state index in [9.17, 15) is 13.2 Å². The topological polar surface area (TPSA) is 84.5 Å². The maximum atomic E-state index is 12.3. The van der Waals surface area contributed by atoms with Gasteiger partial charge in [-0.15, -0.1) is 0 Å². The lowest BCUT2D eigenvalue weighted by atomic mass is 10.2. The molecule has 0 amide bonds. The van der Waals surface area contributed by atoms with Crippen LogP contribution in [0.4, 0.5) is 11.4 Å². The van der Waals surface area contributed by atoms with E-state index in [-0.39, 0.29) is 11.5 Å². The van der Waals surface area contributed by atoms with Crippen LogP contribution in [0.3, 0.4) is 0 Å². The monoisotopic (exact) mass is 366 g/mol. The Hall–Kier alpha value is -2.09. The molecule has 1 saturated heterocycles. The van der Waals surface area contributed by atoms with E-state index in [0.29, 0.717) is 17.1 Å². The van der Waals surface area contributed by atoms with Crippen molar-refractivity contribution in [3.63, 3.8) is 0 Å². The number of carbonyl (C=O) groups is 1. The highest BCUT2D eigenvalue weighted by atomic mass is 35.5. The number of benzene rings is 2. The number of esters is 1. The molecule has 1 aliphatic heterocycles. The van der Waals surface area contributed by atoms with Crippen LogP contribution < -0.4 is 10.0 Å². The summed E-state index contributed by atoms with van der Waals surface area (Å²) in [5, 5.41) is 3.68. The summed E-state index contributed by atoms with van der Waals surface area (Å²) >= 11 is 6.07. The molecule has 0 aromatic heterocycles. The fourth-order valence-corrected chi connectivity index (χ4v) is 3.70. The van der Waals surface area contributed by atoms with Crippen LogP contribution in [0, 0.1) is 0 Å². The molecule has 0 saturated carbocycles. The molecule has 1 heterocycles. The quantitative estimate of drug-likeness (QED) is 0.795. The molecule has 0 radical (unpaired) electrons. The van der Waals surface area contributed by atoms with Gasteiger partial charge in [-0.3, -0.25) is 4.79 Å². The van der Waals surface area contributed by atoms with Gasteiger partial charge in [0.2, 0.25) is 10.0 Å². The summed E-state index contributed by atoms with van der Waals surface area (Å²) in [6.07, 6.45) is 0.338. The number of rotatable bonds is 5. The SMILES string of the molecule is O=C1OCC[C@@H]1NS(=O)(=O)c1ccc(Nc2ccccc2Cl)cc1. The summed E-state index contributed by atoms with van der Waals surface area (Å²) in [5.74, 6) is -0.546. The molecular formula is C16H15ClN2O4S. The van der Waals surface area contributed by atoms with Crippen molar-refractivity contribution in [1.82, 2.24) is 4.72 Å². The lowest BCUT2D eigenvalue weighted by Gasteiger charge is -2.11. The number of hydrogen-bond acceptors (Lipinski definition) is 5. The normalized spacial score (nSPS) is 17.5. The molecule has 6 nitrogen and oxygen atoms in total. The third-order valence-electron chi connectivity index (χ3n) is 3.55. The lowest BCUT2D eigenvalue weighted by molar-refractivity contribution is -0.139. The van der Waals surface area contributed by atoms with Gasteiger partial charge < -0.3 is 10.1 Å². The smallest absolute Gasteiger partial charge is 0.324 e. The van der Waals surface area contributed by atoms with E-state index in [2.05, 4.69) is 10.0 Å². The van der Waals surface area contributed by atoms with E-state index in [1.807, 2.05) is 18.2 Å². The second-order valence-electron chi connectivity index (χ2n) is 5.26. The molecule has 8 heteroatoms. The van der Waals surface area contributed by atoms with Crippen LogP contribution in [-0.2, 0) is 19.6 Å². The van der Waals surface area contributed by atoms with Crippen molar-refractivity contribution in [2.75, 3.05) is 11.9 Å². The van der Waals surface area contributed by atoms with Gasteiger partial charge in [-0.1, -0.05) is 23.7 Å². The van der Waals surface area contributed by atoms with Gasteiger partial charge in [0.25, 0.3) is 0 Å². The summed E-state index contributed by atoms with van der Waals surface area (Å²) in [6.45, 7) is 0.229. The summed E-state index contributed by atoms with van der Waals surface area (Å²) in [4.78, 5) is 11.5. The van der Waals surface area contributed by atoms with Gasteiger partial charge in [0.15, 0.2) is 0 Å². The first-order valence-electron chi connectivity index (χ1n) is 7.26. The van der Waals surface area contributed by atoms with Gasteiger partial charge in [0, 0.05) is 12.1 Å². The predicted molar refractivity (Wildman–Crippen MR) is 90.9 cm³/mol. The Morgan fingerprint density at radius 1 is 1.08 bits per heavy atom. The Kier molecular flexibility index (Phi) is 4.75. The third-order valence-corrected chi connectivity index (χ3v) is 5.37. The molecule has 0 bridgehead atoms. The highest BCUT2D eigenvalue weighted by molar-refractivity contribution is 7.89. The van der Waals surface area contributed by atoms with Crippen molar-refractivity contribution in [1.29, 1.82) is 0 Å². The number of para-hydroxylation sites is 1. The standard InChI is InChI=1S/C16H15ClN2O4S/c17-13-3-1-2-4-14(13)18-11-5-7-12(8-6-11)24(21,22)19-15-9-10-23-16(15)20/h1-8,15,18-19H,9-10H2/t15-/m0/s1. The molecular weight excluding hydrogens is 352 g/mol. The van der Waals surface area contributed by atoms with Crippen molar-refractivity contribution in [3.05, 3.63) is 53.6 Å². The third kappa shape index (κ3) is 3.69. The second kappa shape index (κ2) is 6.80. The minimum Gasteiger partial charge on any atom is -0.464 e. The largest absolute Gasteiger partial charge is 0.464 e. The number of carbonyl (C=O) groups excluding carboxylic acids is 1. The second-order valence-corrected chi connectivity index (χ2v) is 7.38. The highest BCUT2D eigenvalue weighted by Crippen LogP contribution is 2.25. The van der Waals surface area contributed by atoms with Gasteiger partial charge in [-0.05, 0) is 36.4 Å². The Balaban J connectivity index is 1.74. The molecule has 0 aliphatic carbocycles. The fraction of sp³-hybridized carbons (Fsp3) is 0.188. The van der Waals surface area contributed by atoms with Gasteiger partial charge in [0.05, 0.1) is 22.2 Å². The first kappa shape index (κ1) is 16.8. The van der Waals surface area contributed by atoms with Crippen LogP contribution >= 0.6 is 11.6 Å². The summed E-state index contributed by atoms with van der Waals surface area (Å²) in [6, 6.07) is 12.6. The van der Waals surface area contributed by atoms with E-state index in [1.54, 1.807) is 18.2 Å². The number of anilines is 2. The molecule has 24 heavy (non-hydrogen) atoms. The molecule has 126 valence electrons. The fourth-order valence-electron chi connectivity index (χ4n) is 2.29. The highest BCUT2D eigenvalue weighted by Gasteiger charge is 2.31. The molecule has 1 aliphatic rings. The molecule has 1 fully saturated rings. The zero-order valence-corrected chi connectivity index (χ0v) is 14.1. The molecule has 3 rings (SSSR count). The Bertz CT molecular complexity index is 853. The Labute approximate surface area is 144 Å². The number of cyclic esters (lactones) is 1. The first-order chi connectivity index (χ1) is 11.5. The molecule has 2 aromatic carbocycles. The molecule has 2 N–H and O–H groups in total.